The van der Waals surface area contributed by atoms with Gasteiger partial charge in [-0.25, -0.2) is 0 Å². The van der Waals surface area contributed by atoms with Crippen molar-refractivity contribution < 1.29 is 9.90 Å². The highest BCUT2D eigenvalue weighted by Crippen LogP contribution is 2.30. The smallest absolute Gasteiger partial charge is 0.322 e. The normalized spacial score (nSPS) is 30.1. The summed E-state index contributed by atoms with van der Waals surface area (Å²) in [5.41, 5.74) is 0. The number of carboxylic acid groups (broad SMARTS) is 1. The summed E-state index contributed by atoms with van der Waals surface area (Å²) in [5, 5.41) is 17.8. The van der Waals surface area contributed by atoms with Gasteiger partial charge in [0.2, 0.25) is 0 Å². The minimum Gasteiger partial charge on any atom is -0.480 e. The molecule has 1 fully saturated rings. The Kier molecular flexibility index (Phi) is 3.97. The van der Waals surface area contributed by atoms with Gasteiger partial charge in [-0.2, -0.15) is 0 Å². The van der Waals surface area contributed by atoms with Crippen molar-refractivity contribution in [3.8, 4) is 0 Å². The van der Waals surface area contributed by atoms with E-state index in [1.54, 1.807) is 0 Å². The van der Waals surface area contributed by atoms with Crippen LogP contribution in [0.4, 0.5) is 0 Å². The Bertz CT molecular complexity index is 520. The molecule has 3 rings (SSSR count). The zero-order chi connectivity index (χ0) is 15.0. The molecule has 0 bridgehead atoms. The van der Waals surface area contributed by atoms with Crippen molar-refractivity contribution >= 4 is 5.97 Å². The van der Waals surface area contributed by atoms with Gasteiger partial charge >= 0.3 is 5.97 Å². The highest BCUT2D eigenvalue weighted by Gasteiger charge is 2.35. The van der Waals surface area contributed by atoms with Crippen LogP contribution in [0.3, 0.4) is 0 Å². The highest BCUT2D eigenvalue weighted by atomic mass is 16.4. The van der Waals surface area contributed by atoms with Crippen molar-refractivity contribution in [2.24, 2.45) is 11.8 Å². The molecule has 0 aromatic carbocycles. The first-order chi connectivity index (χ1) is 10.0. The van der Waals surface area contributed by atoms with Crippen LogP contribution in [-0.2, 0) is 17.9 Å². The van der Waals surface area contributed by atoms with Crippen molar-refractivity contribution in [3.05, 3.63) is 11.6 Å². The third-order valence-electron chi connectivity index (χ3n) is 5.07. The summed E-state index contributed by atoms with van der Waals surface area (Å²) in [6.45, 7) is 6.13. The molecule has 1 aliphatic carbocycles. The Morgan fingerprint density at radius 1 is 1.29 bits per heavy atom. The van der Waals surface area contributed by atoms with Crippen molar-refractivity contribution in [1.29, 1.82) is 0 Å². The van der Waals surface area contributed by atoms with Gasteiger partial charge in [-0.1, -0.05) is 19.8 Å². The summed E-state index contributed by atoms with van der Waals surface area (Å²) in [6, 6.07) is -0.452. The summed E-state index contributed by atoms with van der Waals surface area (Å²) >= 11 is 0. The Balaban J connectivity index is 1.72. The average Bonchev–Trinajstić information content (AvgIpc) is 2.81. The summed E-state index contributed by atoms with van der Waals surface area (Å²) in [6.07, 6.45) is 4.97. The van der Waals surface area contributed by atoms with Crippen LogP contribution in [0.25, 0.3) is 0 Å². The number of aryl methyl sites for hydroxylation is 1. The molecule has 2 heterocycles. The SMILES string of the molecule is Cc1nnc2n1CC(C(=O)O)N(CC1CCC(C)CC1)C2. The zero-order valence-electron chi connectivity index (χ0n) is 12.8. The predicted molar refractivity (Wildman–Crippen MR) is 77.7 cm³/mol. The van der Waals surface area contributed by atoms with Crippen LogP contribution in [0.1, 0.15) is 44.3 Å². The predicted octanol–water partition coefficient (Wildman–Crippen LogP) is 1.68. The van der Waals surface area contributed by atoms with Crippen molar-refractivity contribution in [1.82, 2.24) is 19.7 Å². The van der Waals surface area contributed by atoms with E-state index < -0.39 is 12.0 Å². The Labute approximate surface area is 125 Å². The molecule has 0 spiro atoms. The van der Waals surface area contributed by atoms with E-state index in [0.717, 1.165) is 24.1 Å². The van der Waals surface area contributed by atoms with Crippen LogP contribution < -0.4 is 0 Å². The molecule has 1 aromatic heterocycles. The molecular weight excluding hydrogens is 268 g/mol. The second-order valence-electron chi connectivity index (χ2n) is 6.68. The molecule has 1 unspecified atom stereocenters. The molecule has 1 aliphatic heterocycles. The lowest BCUT2D eigenvalue weighted by molar-refractivity contribution is -0.145. The molecule has 6 nitrogen and oxygen atoms in total. The van der Waals surface area contributed by atoms with Crippen LogP contribution in [0.5, 0.6) is 0 Å². The van der Waals surface area contributed by atoms with Gasteiger partial charge in [0, 0.05) is 6.54 Å². The number of fused-ring (bicyclic) bond motifs is 1. The largest absolute Gasteiger partial charge is 0.480 e. The van der Waals surface area contributed by atoms with Crippen LogP contribution >= 0.6 is 0 Å². The fourth-order valence-electron chi connectivity index (χ4n) is 3.63. The lowest BCUT2D eigenvalue weighted by Gasteiger charge is -2.37. The van der Waals surface area contributed by atoms with Crippen molar-refractivity contribution in [3.63, 3.8) is 0 Å². The first-order valence-corrected chi connectivity index (χ1v) is 7.90. The molecule has 1 N–H and O–H groups in total. The second kappa shape index (κ2) is 5.75. The summed E-state index contributed by atoms with van der Waals surface area (Å²) in [7, 11) is 0. The number of aliphatic carboxylic acids is 1. The van der Waals surface area contributed by atoms with E-state index in [1.165, 1.54) is 25.7 Å². The molecule has 1 atom stereocenters. The number of carbonyl (C=O) groups is 1. The van der Waals surface area contributed by atoms with Gasteiger partial charge in [-0.15, -0.1) is 10.2 Å². The van der Waals surface area contributed by atoms with Gasteiger partial charge < -0.3 is 9.67 Å². The standard InChI is InChI=1S/C15H24N4O2/c1-10-3-5-12(6-4-10)7-18-9-14-17-16-11(2)19(14)8-13(18)15(20)21/h10,12-13H,3-9H2,1-2H3,(H,20,21). The Morgan fingerprint density at radius 2 is 2.00 bits per heavy atom. The maximum atomic E-state index is 11.6. The summed E-state index contributed by atoms with van der Waals surface area (Å²) in [5.74, 6) is 2.41. The van der Waals surface area contributed by atoms with Gasteiger partial charge in [0.15, 0.2) is 0 Å². The monoisotopic (exact) mass is 292 g/mol. The summed E-state index contributed by atoms with van der Waals surface area (Å²) in [4.78, 5) is 13.7. The fraction of sp³-hybridized carbons (Fsp3) is 0.800. The Morgan fingerprint density at radius 3 is 2.67 bits per heavy atom. The third-order valence-corrected chi connectivity index (χ3v) is 5.07. The van der Waals surface area contributed by atoms with Crippen molar-refractivity contribution in [2.75, 3.05) is 6.54 Å². The van der Waals surface area contributed by atoms with E-state index >= 15 is 0 Å². The zero-order valence-corrected chi connectivity index (χ0v) is 12.8. The second-order valence-corrected chi connectivity index (χ2v) is 6.68. The molecule has 0 amide bonds. The molecule has 0 radical (unpaired) electrons. The number of hydrogen-bond acceptors (Lipinski definition) is 4. The molecule has 1 saturated carbocycles. The van der Waals surface area contributed by atoms with E-state index in [0.29, 0.717) is 19.0 Å². The summed E-state index contributed by atoms with van der Waals surface area (Å²) < 4.78 is 1.94. The maximum absolute atomic E-state index is 11.6. The quantitative estimate of drug-likeness (QED) is 0.918. The van der Waals surface area contributed by atoms with Gasteiger partial charge in [-0.3, -0.25) is 9.69 Å². The van der Waals surface area contributed by atoms with E-state index in [1.807, 2.05) is 11.5 Å². The molecule has 6 heteroatoms. The van der Waals surface area contributed by atoms with E-state index in [2.05, 4.69) is 22.0 Å². The lowest BCUT2D eigenvalue weighted by Crippen LogP contribution is -2.49. The van der Waals surface area contributed by atoms with E-state index in [-0.39, 0.29) is 0 Å². The first-order valence-electron chi connectivity index (χ1n) is 7.90. The lowest BCUT2D eigenvalue weighted by atomic mass is 9.82. The minimum atomic E-state index is -0.738. The molecule has 2 aliphatic rings. The van der Waals surface area contributed by atoms with Crippen LogP contribution in [0.15, 0.2) is 0 Å². The van der Waals surface area contributed by atoms with Crippen molar-refractivity contribution in [2.45, 2.75) is 58.7 Å². The van der Waals surface area contributed by atoms with Gasteiger partial charge in [0.1, 0.15) is 17.7 Å². The Hall–Kier alpha value is -1.43. The first kappa shape index (κ1) is 14.5. The molecule has 116 valence electrons. The maximum Gasteiger partial charge on any atom is 0.322 e. The fourth-order valence-corrected chi connectivity index (χ4v) is 3.63. The number of nitrogens with zero attached hydrogens (tertiary/aromatic N) is 4. The van der Waals surface area contributed by atoms with E-state index in [4.69, 9.17) is 0 Å². The topological polar surface area (TPSA) is 71.2 Å². The van der Waals surface area contributed by atoms with E-state index in [9.17, 15) is 9.90 Å². The van der Waals surface area contributed by atoms with Gasteiger partial charge in [0.25, 0.3) is 0 Å². The minimum absolute atomic E-state index is 0.452. The van der Waals surface area contributed by atoms with Gasteiger partial charge in [0.05, 0.1) is 13.1 Å². The van der Waals surface area contributed by atoms with Crippen LogP contribution in [-0.4, -0.2) is 43.3 Å². The molecular formula is C15H24N4O2. The van der Waals surface area contributed by atoms with Crippen LogP contribution in [0, 0.1) is 18.8 Å². The molecule has 21 heavy (non-hydrogen) atoms. The van der Waals surface area contributed by atoms with Gasteiger partial charge in [-0.05, 0) is 31.6 Å². The molecule has 0 saturated heterocycles. The number of carboxylic acids is 1. The number of hydrogen-bond donors (Lipinski definition) is 1. The number of rotatable bonds is 3. The average molecular weight is 292 g/mol. The third kappa shape index (κ3) is 2.95. The highest BCUT2D eigenvalue weighted by molar-refractivity contribution is 5.73. The van der Waals surface area contributed by atoms with Crippen LogP contribution in [0.2, 0.25) is 0 Å². The molecule has 1 aromatic rings. The number of aromatic nitrogens is 3.